The third kappa shape index (κ3) is 3.01. The number of likely N-dealkylation sites (tertiary alicyclic amines) is 1. The van der Waals surface area contributed by atoms with Gasteiger partial charge in [0.15, 0.2) is 0 Å². The molecule has 0 bridgehead atoms. The van der Waals surface area contributed by atoms with Crippen LogP contribution in [-0.4, -0.2) is 36.5 Å². The number of nitrogens with one attached hydrogen (secondary N) is 1. The molecule has 2 aliphatic rings. The van der Waals surface area contributed by atoms with E-state index >= 15 is 0 Å². The monoisotopic (exact) mass is 238 g/mol. The molecule has 3 atom stereocenters. The van der Waals surface area contributed by atoms with Crippen molar-refractivity contribution in [3.05, 3.63) is 0 Å². The number of carbonyl (C=O) groups is 1. The molecule has 0 aromatic carbocycles. The molecule has 98 valence electrons. The van der Waals surface area contributed by atoms with Crippen molar-refractivity contribution in [1.82, 2.24) is 10.2 Å². The second kappa shape index (κ2) is 5.85. The van der Waals surface area contributed by atoms with Gasteiger partial charge in [0, 0.05) is 19.6 Å². The van der Waals surface area contributed by atoms with Crippen LogP contribution in [-0.2, 0) is 4.79 Å². The highest BCUT2D eigenvalue weighted by atomic mass is 16.2. The van der Waals surface area contributed by atoms with E-state index in [1.807, 2.05) is 11.9 Å². The Morgan fingerprint density at radius 3 is 2.82 bits per heavy atom. The summed E-state index contributed by atoms with van der Waals surface area (Å²) in [5.74, 6) is 1.11. The van der Waals surface area contributed by atoms with Gasteiger partial charge in [0.25, 0.3) is 0 Å². The average molecular weight is 238 g/mol. The van der Waals surface area contributed by atoms with Gasteiger partial charge in [-0.25, -0.2) is 0 Å². The Hall–Kier alpha value is -0.570. The fraction of sp³-hybridized carbons (Fsp3) is 0.929. The zero-order chi connectivity index (χ0) is 12.3. The second-order valence-electron chi connectivity index (χ2n) is 5.71. The molecule has 1 saturated heterocycles. The molecular formula is C14H26N2O. The summed E-state index contributed by atoms with van der Waals surface area (Å²) in [6.45, 7) is 3.18. The molecule has 3 heteroatoms. The largest absolute Gasteiger partial charge is 0.344 e. The van der Waals surface area contributed by atoms with Crippen LogP contribution in [0.3, 0.4) is 0 Å². The lowest BCUT2D eigenvalue weighted by Crippen LogP contribution is -2.44. The molecule has 0 radical (unpaired) electrons. The highest BCUT2D eigenvalue weighted by Crippen LogP contribution is 2.30. The van der Waals surface area contributed by atoms with E-state index in [2.05, 4.69) is 12.2 Å². The number of hydrogen-bond donors (Lipinski definition) is 1. The smallest absolute Gasteiger partial charge is 0.239 e. The Kier molecular flexibility index (Phi) is 4.43. The van der Waals surface area contributed by atoms with Gasteiger partial charge in [0.1, 0.15) is 0 Å². The van der Waals surface area contributed by atoms with Gasteiger partial charge in [0.05, 0.1) is 6.04 Å². The minimum Gasteiger partial charge on any atom is -0.344 e. The summed E-state index contributed by atoms with van der Waals surface area (Å²) in [5.41, 5.74) is 0. The van der Waals surface area contributed by atoms with Crippen molar-refractivity contribution in [2.75, 3.05) is 13.6 Å². The maximum absolute atomic E-state index is 11.9. The minimum absolute atomic E-state index is 0.104. The summed E-state index contributed by atoms with van der Waals surface area (Å²) in [4.78, 5) is 13.7. The van der Waals surface area contributed by atoms with Crippen molar-refractivity contribution in [3.63, 3.8) is 0 Å². The number of amides is 1. The van der Waals surface area contributed by atoms with Crippen molar-refractivity contribution in [3.8, 4) is 0 Å². The number of carbonyl (C=O) groups excluding carboxylic acids is 1. The van der Waals surface area contributed by atoms with Crippen LogP contribution in [0, 0.1) is 5.92 Å². The zero-order valence-electron chi connectivity index (χ0n) is 11.2. The molecule has 0 unspecified atom stereocenters. The summed E-state index contributed by atoms with van der Waals surface area (Å²) in [6.07, 6.45) is 8.91. The SMILES string of the molecule is CCCC[C@@H]1CCC[C@H]1N[C@@H]1CCN(C)C1=O. The first-order chi connectivity index (χ1) is 8.22. The number of unbranched alkanes of at least 4 members (excludes halogenated alkanes) is 1. The predicted octanol–water partition coefficient (Wildman–Crippen LogP) is 2.17. The summed E-state index contributed by atoms with van der Waals surface area (Å²) in [7, 11) is 1.91. The van der Waals surface area contributed by atoms with E-state index in [4.69, 9.17) is 0 Å². The molecule has 0 spiro atoms. The van der Waals surface area contributed by atoms with E-state index < -0.39 is 0 Å². The van der Waals surface area contributed by atoms with Gasteiger partial charge < -0.3 is 10.2 Å². The van der Waals surface area contributed by atoms with E-state index in [9.17, 15) is 4.79 Å². The van der Waals surface area contributed by atoms with Gasteiger partial charge in [0.2, 0.25) is 5.91 Å². The lowest BCUT2D eigenvalue weighted by molar-refractivity contribution is -0.128. The van der Waals surface area contributed by atoms with Crippen molar-refractivity contribution in [1.29, 1.82) is 0 Å². The van der Waals surface area contributed by atoms with Gasteiger partial charge in [-0.1, -0.05) is 26.2 Å². The van der Waals surface area contributed by atoms with Gasteiger partial charge in [-0.3, -0.25) is 4.79 Å². The molecule has 2 fully saturated rings. The van der Waals surface area contributed by atoms with Crippen LogP contribution >= 0.6 is 0 Å². The first kappa shape index (κ1) is 12.9. The molecule has 1 aliphatic carbocycles. The minimum atomic E-state index is 0.104. The molecule has 1 heterocycles. The molecule has 3 nitrogen and oxygen atoms in total. The topological polar surface area (TPSA) is 32.3 Å². The maximum atomic E-state index is 11.9. The van der Waals surface area contributed by atoms with Crippen LogP contribution in [0.2, 0.25) is 0 Å². The molecule has 1 N–H and O–H groups in total. The quantitative estimate of drug-likeness (QED) is 0.796. The van der Waals surface area contributed by atoms with Gasteiger partial charge in [-0.05, 0) is 31.6 Å². The highest BCUT2D eigenvalue weighted by molar-refractivity contribution is 5.83. The van der Waals surface area contributed by atoms with Crippen LogP contribution < -0.4 is 5.32 Å². The van der Waals surface area contributed by atoms with E-state index in [1.165, 1.54) is 38.5 Å². The van der Waals surface area contributed by atoms with E-state index in [1.54, 1.807) is 0 Å². The van der Waals surface area contributed by atoms with Gasteiger partial charge in [-0.2, -0.15) is 0 Å². The van der Waals surface area contributed by atoms with E-state index in [0.717, 1.165) is 18.9 Å². The van der Waals surface area contributed by atoms with Gasteiger partial charge in [-0.15, -0.1) is 0 Å². The van der Waals surface area contributed by atoms with E-state index in [0.29, 0.717) is 11.9 Å². The van der Waals surface area contributed by atoms with Crippen LogP contribution in [0.4, 0.5) is 0 Å². The highest BCUT2D eigenvalue weighted by Gasteiger charge is 2.34. The number of hydrogen-bond acceptors (Lipinski definition) is 2. The van der Waals surface area contributed by atoms with Crippen LogP contribution in [0.5, 0.6) is 0 Å². The van der Waals surface area contributed by atoms with Crippen molar-refractivity contribution < 1.29 is 4.79 Å². The van der Waals surface area contributed by atoms with Crippen molar-refractivity contribution in [2.24, 2.45) is 5.92 Å². The van der Waals surface area contributed by atoms with Crippen LogP contribution in [0.1, 0.15) is 51.9 Å². The summed E-state index contributed by atoms with van der Waals surface area (Å²) in [5, 5.41) is 3.63. The maximum Gasteiger partial charge on any atom is 0.239 e. The fourth-order valence-electron chi connectivity index (χ4n) is 3.30. The van der Waals surface area contributed by atoms with Crippen LogP contribution in [0.15, 0.2) is 0 Å². The first-order valence-corrected chi connectivity index (χ1v) is 7.23. The average Bonchev–Trinajstić information content (AvgIpc) is 2.89. The van der Waals surface area contributed by atoms with Gasteiger partial charge >= 0.3 is 0 Å². The molecule has 0 aromatic rings. The molecule has 0 aromatic heterocycles. The normalized spacial score (nSPS) is 33.6. The first-order valence-electron chi connectivity index (χ1n) is 7.23. The molecule has 1 saturated carbocycles. The Labute approximate surface area is 105 Å². The zero-order valence-corrected chi connectivity index (χ0v) is 11.2. The van der Waals surface area contributed by atoms with Crippen molar-refractivity contribution in [2.45, 2.75) is 64.0 Å². The molecule has 1 amide bonds. The number of rotatable bonds is 5. The Balaban J connectivity index is 1.83. The Morgan fingerprint density at radius 1 is 1.35 bits per heavy atom. The Morgan fingerprint density at radius 2 is 2.18 bits per heavy atom. The summed E-state index contributed by atoms with van der Waals surface area (Å²) >= 11 is 0. The third-order valence-corrected chi connectivity index (χ3v) is 4.43. The second-order valence-corrected chi connectivity index (χ2v) is 5.71. The van der Waals surface area contributed by atoms with Crippen LogP contribution in [0.25, 0.3) is 0 Å². The Bertz CT molecular complexity index is 267. The van der Waals surface area contributed by atoms with E-state index in [-0.39, 0.29) is 6.04 Å². The molecular weight excluding hydrogens is 212 g/mol. The standard InChI is InChI=1S/C14H26N2O/c1-3-4-6-11-7-5-8-12(11)15-13-9-10-16(2)14(13)17/h11-13,15H,3-10H2,1-2H3/t11-,12-,13-/m1/s1. The number of nitrogens with zero attached hydrogens (tertiary/aromatic N) is 1. The molecule has 17 heavy (non-hydrogen) atoms. The third-order valence-electron chi connectivity index (χ3n) is 4.43. The predicted molar refractivity (Wildman–Crippen MR) is 69.8 cm³/mol. The molecule has 1 aliphatic heterocycles. The molecule has 2 rings (SSSR count). The summed E-state index contributed by atoms with van der Waals surface area (Å²) < 4.78 is 0. The lowest BCUT2D eigenvalue weighted by atomic mass is 9.96. The number of likely N-dealkylation sites (N-methyl/N-ethyl adjacent to an activating group) is 1. The summed E-state index contributed by atoms with van der Waals surface area (Å²) in [6, 6.07) is 0.703. The van der Waals surface area contributed by atoms with Crippen molar-refractivity contribution >= 4 is 5.91 Å². The fourth-order valence-corrected chi connectivity index (χ4v) is 3.30. The lowest BCUT2D eigenvalue weighted by Gasteiger charge is -2.24.